The van der Waals surface area contributed by atoms with Gasteiger partial charge in [-0.25, -0.2) is 9.67 Å². The second kappa shape index (κ2) is 11.1. The summed E-state index contributed by atoms with van der Waals surface area (Å²) < 4.78 is 9.04. The van der Waals surface area contributed by atoms with Gasteiger partial charge in [0.25, 0.3) is 11.5 Å². The van der Waals surface area contributed by atoms with Crippen molar-refractivity contribution in [2.45, 2.75) is 50.7 Å². The van der Waals surface area contributed by atoms with Crippen molar-refractivity contribution in [1.29, 1.82) is 0 Å². The van der Waals surface area contributed by atoms with Crippen molar-refractivity contribution in [3.63, 3.8) is 0 Å². The van der Waals surface area contributed by atoms with Crippen molar-refractivity contribution in [2.24, 2.45) is 10.7 Å². The van der Waals surface area contributed by atoms with Crippen LogP contribution in [-0.4, -0.2) is 39.3 Å². The Labute approximate surface area is 238 Å². The molecule has 2 aromatic heterocycles. The number of hydrogen-bond donors (Lipinski definition) is 3. The number of rotatable bonds is 8. The number of fused-ring (bicyclic) bond motifs is 1. The molecule has 0 bridgehead atoms. The third kappa shape index (κ3) is 4.93. The number of aromatic amines is 1. The summed E-state index contributed by atoms with van der Waals surface area (Å²) >= 11 is 0. The molecule has 4 N–H and O–H groups in total. The number of aliphatic imine (C=N–C) groups is 1. The van der Waals surface area contributed by atoms with E-state index >= 15 is 0 Å². The van der Waals surface area contributed by atoms with Crippen LogP contribution in [0.4, 0.5) is 5.69 Å². The molecular formula is C32H34N6O3. The summed E-state index contributed by atoms with van der Waals surface area (Å²) in [6.07, 6.45) is 6.21. The Kier molecular flexibility index (Phi) is 7.19. The summed E-state index contributed by atoms with van der Waals surface area (Å²) in [5.41, 5.74) is 12.0. The Hall–Kier alpha value is -4.63. The Bertz CT molecular complexity index is 1670. The zero-order chi connectivity index (χ0) is 28.5. The number of benzene rings is 2. The van der Waals surface area contributed by atoms with Crippen molar-refractivity contribution < 1.29 is 9.53 Å². The predicted molar refractivity (Wildman–Crippen MR) is 161 cm³/mol. The number of carbonyl (C=O) groups excluding carboxylic acids is 1. The van der Waals surface area contributed by atoms with E-state index in [0.29, 0.717) is 30.4 Å². The molecule has 2 aliphatic rings. The first kappa shape index (κ1) is 26.6. The standard InChI is InChI=1S/C32H34N6O3/c1-3-34-30(33)29-25(19-26(36-29)21-17-24(18-21)41-2)20-12-14-22(15-13-20)35-31(39)28-27-11-7-8-16-37(27)38(32(28)40)23-9-5-4-6-10-23/h3-6,9-10,12-15,19,21,24,36H,1,7-8,11,16-18H2,2H3,(H2,33,34)(H,35,39). The largest absolute Gasteiger partial charge is 0.382 e. The van der Waals surface area contributed by atoms with Crippen LogP contribution in [0.1, 0.15) is 59.0 Å². The number of methoxy groups -OCH3 is 1. The maximum atomic E-state index is 13.5. The monoisotopic (exact) mass is 550 g/mol. The molecule has 0 atom stereocenters. The first-order valence-corrected chi connectivity index (χ1v) is 14.0. The second-order valence-electron chi connectivity index (χ2n) is 10.6. The SMILES string of the molecule is C=CN=C(N)c1[nH]c(C2CC(OC)C2)cc1-c1ccc(NC(=O)c2c3n(n(-c4ccccc4)c2=O)CCCC3)cc1. The van der Waals surface area contributed by atoms with Gasteiger partial charge in [0.1, 0.15) is 11.4 Å². The van der Waals surface area contributed by atoms with Crippen LogP contribution in [0, 0.1) is 0 Å². The van der Waals surface area contributed by atoms with Gasteiger partial charge in [-0.2, -0.15) is 0 Å². The van der Waals surface area contributed by atoms with Gasteiger partial charge in [0, 0.05) is 42.7 Å². The number of para-hydroxylation sites is 1. The minimum absolute atomic E-state index is 0.207. The van der Waals surface area contributed by atoms with Crippen LogP contribution in [0.5, 0.6) is 0 Å². The normalized spacial score (nSPS) is 18.4. The summed E-state index contributed by atoms with van der Waals surface area (Å²) in [7, 11) is 1.74. The highest BCUT2D eigenvalue weighted by molar-refractivity contribution is 6.05. The molecule has 0 saturated heterocycles. The highest BCUT2D eigenvalue weighted by Gasteiger charge is 2.32. The molecule has 1 amide bonds. The number of anilines is 1. The van der Waals surface area contributed by atoms with Crippen LogP contribution < -0.4 is 16.6 Å². The second-order valence-corrected chi connectivity index (χ2v) is 10.6. The van der Waals surface area contributed by atoms with E-state index in [0.717, 1.165) is 59.6 Å². The van der Waals surface area contributed by atoms with Gasteiger partial charge >= 0.3 is 0 Å². The third-order valence-electron chi connectivity index (χ3n) is 8.16. The molecule has 1 fully saturated rings. The number of hydrogen-bond acceptors (Lipinski definition) is 4. The van der Waals surface area contributed by atoms with Gasteiger partial charge in [0.15, 0.2) is 0 Å². The van der Waals surface area contributed by atoms with Crippen LogP contribution >= 0.6 is 0 Å². The van der Waals surface area contributed by atoms with Crippen LogP contribution in [0.15, 0.2) is 83.2 Å². The molecular weight excluding hydrogens is 516 g/mol. The van der Waals surface area contributed by atoms with Gasteiger partial charge in [-0.05, 0) is 68.0 Å². The van der Waals surface area contributed by atoms with Crippen LogP contribution in [0.2, 0.25) is 0 Å². The van der Waals surface area contributed by atoms with E-state index in [4.69, 9.17) is 10.5 Å². The fraction of sp³-hybridized carbons (Fsp3) is 0.281. The first-order valence-electron chi connectivity index (χ1n) is 14.0. The smallest absolute Gasteiger partial charge is 0.284 e. The van der Waals surface area contributed by atoms with Crippen molar-refractivity contribution in [1.82, 2.24) is 14.3 Å². The van der Waals surface area contributed by atoms with E-state index in [2.05, 4.69) is 27.9 Å². The lowest BCUT2D eigenvalue weighted by molar-refractivity contribution is 0.0249. The lowest BCUT2D eigenvalue weighted by Crippen LogP contribution is -2.28. The van der Waals surface area contributed by atoms with Crippen molar-refractivity contribution in [3.8, 4) is 16.8 Å². The number of ether oxygens (including phenoxy) is 1. The average molecular weight is 551 g/mol. The summed E-state index contributed by atoms with van der Waals surface area (Å²) in [6.45, 7) is 4.37. The van der Waals surface area contributed by atoms with Crippen LogP contribution in [0.3, 0.4) is 0 Å². The quantitative estimate of drug-likeness (QED) is 0.212. The molecule has 2 aromatic carbocycles. The minimum Gasteiger partial charge on any atom is -0.382 e. The summed E-state index contributed by atoms with van der Waals surface area (Å²) in [6, 6.07) is 19.1. The number of nitrogens with zero attached hydrogens (tertiary/aromatic N) is 3. The molecule has 6 rings (SSSR count). The third-order valence-corrected chi connectivity index (χ3v) is 8.16. The Morgan fingerprint density at radius 1 is 1.15 bits per heavy atom. The zero-order valence-corrected chi connectivity index (χ0v) is 23.1. The molecule has 210 valence electrons. The number of H-pyrrole nitrogens is 1. The van der Waals surface area contributed by atoms with Gasteiger partial charge in [-0.1, -0.05) is 36.9 Å². The van der Waals surface area contributed by atoms with E-state index in [9.17, 15) is 9.59 Å². The maximum absolute atomic E-state index is 13.5. The fourth-order valence-electron chi connectivity index (χ4n) is 5.91. The topological polar surface area (TPSA) is 119 Å². The molecule has 0 spiro atoms. The predicted octanol–water partition coefficient (Wildman–Crippen LogP) is 4.96. The number of amidine groups is 1. The molecule has 1 saturated carbocycles. The molecule has 9 nitrogen and oxygen atoms in total. The number of nitrogens with one attached hydrogen (secondary N) is 2. The minimum atomic E-state index is -0.396. The van der Waals surface area contributed by atoms with E-state index in [1.54, 1.807) is 11.8 Å². The first-order chi connectivity index (χ1) is 20.0. The number of aromatic nitrogens is 3. The van der Waals surface area contributed by atoms with Crippen LogP contribution in [0.25, 0.3) is 16.8 Å². The number of amides is 1. The molecule has 1 aliphatic carbocycles. The van der Waals surface area contributed by atoms with Gasteiger partial charge < -0.3 is 20.8 Å². The highest BCUT2D eigenvalue weighted by Crippen LogP contribution is 2.40. The zero-order valence-electron chi connectivity index (χ0n) is 23.1. The molecule has 9 heteroatoms. The summed E-state index contributed by atoms with van der Waals surface area (Å²) in [5.74, 6) is 0.331. The van der Waals surface area contributed by atoms with Gasteiger partial charge in [0.2, 0.25) is 0 Å². The van der Waals surface area contributed by atoms with Crippen molar-refractivity contribution in [3.05, 3.63) is 106 Å². The molecule has 4 aromatic rings. The van der Waals surface area contributed by atoms with Crippen molar-refractivity contribution in [2.75, 3.05) is 12.4 Å². The van der Waals surface area contributed by atoms with Gasteiger partial charge in [-0.3, -0.25) is 14.3 Å². The lowest BCUT2D eigenvalue weighted by Gasteiger charge is -2.33. The molecule has 0 unspecified atom stereocenters. The number of carbonyl (C=O) groups is 1. The van der Waals surface area contributed by atoms with Crippen molar-refractivity contribution >= 4 is 17.4 Å². The Balaban J connectivity index is 1.28. The van der Waals surface area contributed by atoms with E-state index < -0.39 is 5.91 Å². The molecule has 41 heavy (non-hydrogen) atoms. The molecule has 1 aliphatic heterocycles. The summed E-state index contributed by atoms with van der Waals surface area (Å²) in [5, 5.41) is 2.95. The van der Waals surface area contributed by atoms with Crippen LogP contribution in [-0.2, 0) is 17.7 Å². The molecule has 0 radical (unpaired) electrons. The van der Waals surface area contributed by atoms with Gasteiger partial charge in [-0.15, -0.1) is 0 Å². The van der Waals surface area contributed by atoms with Gasteiger partial charge in [0.05, 0.1) is 23.2 Å². The number of nitrogens with two attached hydrogens (primary N) is 1. The van der Waals surface area contributed by atoms with E-state index in [1.807, 2.05) is 59.3 Å². The Morgan fingerprint density at radius 3 is 2.61 bits per heavy atom. The highest BCUT2D eigenvalue weighted by atomic mass is 16.5. The average Bonchev–Trinajstić information content (AvgIpc) is 3.52. The van der Waals surface area contributed by atoms with E-state index in [1.165, 1.54) is 6.20 Å². The Morgan fingerprint density at radius 2 is 1.90 bits per heavy atom. The maximum Gasteiger partial charge on any atom is 0.284 e. The summed E-state index contributed by atoms with van der Waals surface area (Å²) in [4.78, 5) is 34.7. The molecule has 3 heterocycles. The lowest BCUT2D eigenvalue weighted by atomic mass is 9.80. The fourth-order valence-corrected chi connectivity index (χ4v) is 5.91. The van der Waals surface area contributed by atoms with E-state index in [-0.39, 0.29) is 17.2 Å².